The van der Waals surface area contributed by atoms with Crippen LogP contribution in [0.15, 0.2) is 0 Å². The summed E-state index contributed by atoms with van der Waals surface area (Å²) in [5, 5.41) is 90.5. The number of carbonyl (C=O) groups excluding carboxylic acids is 6. The number of nitrogens with one attached hydrogen (secondary N) is 6. The molecule has 0 bridgehead atoms. The lowest BCUT2D eigenvalue weighted by atomic mass is 9.90. The van der Waals surface area contributed by atoms with Gasteiger partial charge in [0.05, 0.1) is 75.4 Å². The average molecular weight is 867 g/mol. The van der Waals surface area contributed by atoms with Crippen LogP contribution in [0, 0.1) is 41.5 Å². The first-order valence-corrected chi connectivity index (χ1v) is 19.2. The minimum atomic E-state index is -1.27. The van der Waals surface area contributed by atoms with Crippen molar-refractivity contribution in [3.63, 3.8) is 0 Å². The maximum atomic E-state index is 13.3. The number of aliphatic hydroxyl groups excluding tert-OH is 8. The molecule has 61 heavy (non-hydrogen) atoms. The van der Waals surface area contributed by atoms with Gasteiger partial charge in [0.1, 0.15) is 0 Å². The number of benzene rings is 2. The van der Waals surface area contributed by atoms with Gasteiger partial charge in [-0.25, -0.2) is 9.59 Å². The van der Waals surface area contributed by atoms with Gasteiger partial charge >= 0.3 is 12.2 Å². The number of hydrogen-bond acceptors (Lipinski definition) is 16. The van der Waals surface area contributed by atoms with Crippen LogP contribution >= 0.6 is 0 Å². The quantitative estimate of drug-likeness (QED) is 0.0572. The maximum absolute atomic E-state index is 13.3. The highest BCUT2D eigenvalue weighted by atomic mass is 16.6. The summed E-state index contributed by atoms with van der Waals surface area (Å²) in [7, 11) is 0. The van der Waals surface area contributed by atoms with Gasteiger partial charge in [-0.3, -0.25) is 29.8 Å². The van der Waals surface area contributed by atoms with Crippen molar-refractivity contribution in [3.8, 4) is 0 Å². The first-order valence-electron chi connectivity index (χ1n) is 19.2. The molecule has 0 spiro atoms. The highest BCUT2D eigenvalue weighted by Crippen LogP contribution is 2.33. The molecule has 22 nitrogen and oxygen atoms in total. The second kappa shape index (κ2) is 24.7. The van der Waals surface area contributed by atoms with Crippen molar-refractivity contribution in [2.24, 2.45) is 0 Å². The molecule has 0 aliphatic rings. The van der Waals surface area contributed by atoms with Crippen LogP contribution in [0.1, 0.15) is 81.2 Å². The SMILES string of the molecule is Cc1c(NC(=O)OCCCOC(=O)Nc2c(C)c(C(=O)NCC(O)CO)c(C)c(C(=O)NCC(O)CO)c2C)c(C)c(C(=O)NCC(O)CO)c(C)c1C(=O)NCC(O)CO. The van der Waals surface area contributed by atoms with Gasteiger partial charge in [0, 0.05) is 54.9 Å². The van der Waals surface area contributed by atoms with E-state index in [-0.39, 0.29) is 113 Å². The van der Waals surface area contributed by atoms with Crippen molar-refractivity contribution in [2.75, 3.05) is 76.5 Å². The lowest BCUT2D eigenvalue weighted by molar-refractivity contribution is 0.0792. The predicted octanol–water partition coefficient (Wildman–Crippen LogP) is -1.94. The van der Waals surface area contributed by atoms with Crippen molar-refractivity contribution in [3.05, 3.63) is 55.6 Å². The zero-order valence-electron chi connectivity index (χ0n) is 34.9. The fraction of sp³-hybridized carbons (Fsp3) is 0.538. The Morgan fingerprint density at radius 2 is 0.656 bits per heavy atom. The summed E-state index contributed by atoms with van der Waals surface area (Å²) < 4.78 is 10.5. The van der Waals surface area contributed by atoms with E-state index in [4.69, 9.17) is 29.9 Å². The summed E-state index contributed by atoms with van der Waals surface area (Å²) in [6.07, 6.45) is -7.13. The number of amides is 6. The number of ether oxygens (including phenoxy) is 2. The van der Waals surface area contributed by atoms with E-state index in [0.717, 1.165) is 0 Å². The van der Waals surface area contributed by atoms with Gasteiger partial charge in [-0.05, 0) is 74.9 Å². The highest BCUT2D eigenvalue weighted by molar-refractivity contribution is 6.08. The highest BCUT2D eigenvalue weighted by Gasteiger charge is 2.29. The summed E-state index contributed by atoms with van der Waals surface area (Å²) >= 11 is 0. The zero-order chi connectivity index (χ0) is 46.1. The molecule has 340 valence electrons. The first kappa shape index (κ1) is 51.7. The van der Waals surface area contributed by atoms with Crippen LogP contribution in [0.2, 0.25) is 0 Å². The largest absolute Gasteiger partial charge is 0.449 e. The smallest absolute Gasteiger partial charge is 0.411 e. The molecule has 4 atom stereocenters. The molecule has 2 rings (SSSR count). The topological polar surface area (TPSA) is 355 Å². The van der Waals surface area contributed by atoms with Crippen LogP contribution < -0.4 is 31.9 Å². The number of carbonyl (C=O) groups is 6. The number of anilines is 2. The Kier molecular flexibility index (Phi) is 20.9. The van der Waals surface area contributed by atoms with E-state index < -0.39 is 86.7 Å². The van der Waals surface area contributed by atoms with Crippen molar-refractivity contribution >= 4 is 47.2 Å². The van der Waals surface area contributed by atoms with Gasteiger partial charge in [-0.15, -0.1) is 0 Å². The third-order valence-electron chi connectivity index (χ3n) is 9.45. The van der Waals surface area contributed by atoms with Crippen LogP contribution in [0.3, 0.4) is 0 Å². The van der Waals surface area contributed by atoms with Gasteiger partial charge in [0.2, 0.25) is 0 Å². The molecule has 14 N–H and O–H groups in total. The minimum Gasteiger partial charge on any atom is -0.449 e. The van der Waals surface area contributed by atoms with Gasteiger partial charge in [-0.2, -0.15) is 0 Å². The molecule has 0 radical (unpaired) electrons. The molecule has 6 amide bonds. The minimum absolute atomic E-state index is 0.0259. The number of aliphatic hydroxyl groups is 8. The molecule has 4 unspecified atom stereocenters. The van der Waals surface area contributed by atoms with Gasteiger partial charge in [-0.1, -0.05) is 0 Å². The number of rotatable bonds is 22. The molecular formula is C39H58N6O16. The molecule has 0 heterocycles. The Hall–Kier alpha value is -5.46. The standard InChI is InChI=1S/C39H58N6O16/c1-18-28(34(54)40-10-24(50)14-46)20(3)32(21(4)29(18)35(55)41-11-25(51)15-47)44-38(58)60-8-7-9-61-39(59)45-33-22(5)30(36(56)42-12-26(52)16-48)19(2)31(23(33)6)37(57)43-13-27(53)17-49/h24-27,46-53H,7-17H2,1-6H3,(H,40,54)(H,41,55)(H,42,56)(H,43,57)(H,44,58)(H,45,59). The second-order valence-electron chi connectivity index (χ2n) is 14.1. The lowest BCUT2D eigenvalue weighted by Crippen LogP contribution is -2.37. The van der Waals surface area contributed by atoms with E-state index in [2.05, 4.69) is 31.9 Å². The zero-order valence-corrected chi connectivity index (χ0v) is 34.9. The van der Waals surface area contributed by atoms with Crippen molar-refractivity contribution < 1.29 is 79.1 Å². The molecular weight excluding hydrogens is 808 g/mol. The number of hydrogen-bond donors (Lipinski definition) is 14. The molecule has 0 aliphatic carbocycles. The van der Waals surface area contributed by atoms with E-state index in [1.165, 1.54) is 41.5 Å². The third-order valence-corrected chi connectivity index (χ3v) is 9.45. The van der Waals surface area contributed by atoms with Gasteiger partial charge < -0.3 is 71.6 Å². The molecule has 0 saturated carbocycles. The third kappa shape index (κ3) is 14.3. The monoisotopic (exact) mass is 866 g/mol. The van der Waals surface area contributed by atoms with Crippen LogP contribution in [-0.2, 0) is 9.47 Å². The molecule has 22 heteroatoms. The summed E-state index contributed by atoms with van der Waals surface area (Å²) in [5.74, 6) is -2.93. The Bertz CT molecular complexity index is 1670. The van der Waals surface area contributed by atoms with E-state index in [0.29, 0.717) is 0 Å². The fourth-order valence-corrected chi connectivity index (χ4v) is 6.29. The van der Waals surface area contributed by atoms with Gasteiger partial charge in [0.25, 0.3) is 23.6 Å². The van der Waals surface area contributed by atoms with Crippen molar-refractivity contribution in [1.82, 2.24) is 21.3 Å². The van der Waals surface area contributed by atoms with Crippen LogP contribution in [0.25, 0.3) is 0 Å². The Labute approximate surface area is 351 Å². The second-order valence-corrected chi connectivity index (χ2v) is 14.1. The van der Waals surface area contributed by atoms with Crippen molar-refractivity contribution in [1.29, 1.82) is 0 Å². The molecule has 0 saturated heterocycles. The van der Waals surface area contributed by atoms with E-state index >= 15 is 0 Å². The van der Waals surface area contributed by atoms with Crippen LogP contribution in [0.4, 0.5) is 21.0 Å². The molecule has 0 aliphatic heterocycles. The Balaban J connectivity index is 2.25. The average Bonchev–Trinajstić information content (AvgIpc) is 3.22. The predicted molar refractivity (Wildman–Crippen MR) is 218 cm³/mol. The summed E-state index contributed by atoms with van der Waals surface area (Å²) in [4.78, 5) is 79.0. The molecule has 2 aromatic carbocycles. The Morgan fingerprint density at radius 1 is 0.426 bits per heavy atom. The van der Waals surface area contributed by atoms with Crippen molar-refractivity contribution in [2.45, 2.75) is 72.4 Å². The lowest BCUT2D eigenvalue weighted by Gasteiger charge is -2.22. The summed E-state index contributed by atoms with van der Waals surface area (Å²) in [6, 6.07) is 0. The van der Waals surface area contributed by atoms with E-state index in [9.17, 15) is 49.2 Å². The molecule has 2 aromatic rings. The Morgan fingerprint density at radius 3 is 0.869 bits per heavy atom. The van der Waals surface area contributed by atoms with Crippen LogP contribution in [0.5, 0.6) is 0 Å². The summed E-state index contributed by atoms with van der Waals surface area (Å²) in [6.45, 7) is 4.58. The van der Waals surface area contributed by atoms with Crippen LogP contribution in [-0.4, -0.2) is 167 Å². The fourth-order valence-electron chi connectivity index (χ4n) is 6.29. The van der Waals surface area contributed by atoms with E-state index in [1.54, 1.807) is 0 Å². The molecule has 0 aromatic heterocycles. The van der Waals surface area contributed by atoms with Gasteiger partial charge in [0.15, 0.2) is 0 Å². The summed E-state index contributed by atoms with van der Waals surface area (Å²) in [5.41, 5.74) is 1.25. The molecule has 0 fully saturated rings. The maximum Gasteiger partial charge on any atom is 0.411 e. The first-order chi connectivity index (χ1) is 28.7. The van der Waals surface area contributed by atoms with E-state index in [1.807, 2.05) is 0 Å². The normalized spacial score (nSPS) is 13.0.